The van der Waals surface area contributed by atoms with Crippen molar-refractivity contribution in [2.45, 2.75) is 0 Å². The van der Waals surface area contributed by atoms with Crippen LogP contribution in [0, 0.1) is 5.82 Å². The molecule has 18 heavy (non-hydrogen) atoms. The fraction of sp³-hybridized carbons (Fsp3) is 0. The first-order valence-electron chi connectivity index (χ1n) is 5.38. The molecule has 0 atom stereocenters. The Kier molecular flexibility index (Phi) is 2.41. The van der Waals surface area contributed by atoms with E-state index in [0.717, 1.165) is 5.56 Å². The van der Waals surface area contributed by atoms with Crippen molar-refractivity contribution in [3.05, 3.63) is 65.2 Å². The Labute approximate surface area is 103 Å². The van der Waals surface area contributed by atoms with Crippen LogP contribution in [0.5, 0.6) is 0 Å². The molecule has 3 rings (SSSR count). The van der Waals surface area contributed by atoms with Crippen LogP contribution in [0.4, 0.5) is 4.39 Å². The number of hydrogen-bond acceptors (Lipinski definition) is 3. The highest BCUT2D eigenvalue weighted by Gasteiger charge is 2.26. The summed E-state index contributed by atoms with van der Waals surface area (Å²) < 4.78 is 18.2. The second-order valence-corrected chi connectivity index (χ2v) is 3.87. The van der Waals surface area contributed by atoms with E-state index in [0.29, 0.717) is 11.3 Å². The van der Waals surface area contributed by atoms with Crippen LogP contribution < -0.4 is 0 Å². The smallest absolute Gasteiger partial charge is 0.344 e. The molecular formula is C14H8FNO2. The summed E-state index contributed by atoms with van der Waals surface area (Å²) >= 11 is 0. The topological polar surface area (TPSA) is 39.2 Å². The van der Waals surface area contributed by atoms with E-state index in [1.54, 1.807) is 24.5 Å². The SMILES string of the molecule is O=C1OC(=Cc2cccnc2)c2ccc(F)cc21. The third kappa shape index (κ3) is 1.78. The van der Waals surface area contributed by atoms with Gasteiger partial charge in [-0.05, 0) is 35.9 Å². The molecule has 2 heterocycles. The van der Waals surface area contributed by atoms with Gasteiger partial charge in [-0.25, -0.2) is 9.18 Å². The second-order valence-electron chi connectivity index (χ2n) is 3.87. The summed E-state index contributed by atoms with van der Waals surface area (Å²) in [5, 5.41) is 0. The molecular weight excluding hydrogens is 233 g/mol. The number of nitrogens with zero attached hydrogens (tertiary/aromatic N) is 1. The van der Waals surface area contributed by atoms with Crippen LogP contribution in [0.2, 0.25) is 0 Å². The van der Waals surface area contributed by atoms with Crippen LogP contribution in [-0.4, -0.2) is 11.0 Å². The first kappa shape index (κ1) is 10.7. The van der Waals surface area contributed by atoms with E-state index in [9.17, 15) is 9.18 Å². The summed E-state index contributed by atoms with van der Waals surface area (Å²) in [4.78, 5) is 15.5. The molecule has 0 unspecified atom stereocenters. The van der Waals surface area contributed by atoms with Crippen LogP contribution in [0.15, 0.2) is 42.7 Å². The average Bonchev–Trinajstić information content (AvgIpc) is 2.67. The van der Waals surface area contributed by atoms with Gasteiger partial charge in [0.1, 0.15) is 11.6 Å². The van der Waals surface area contributed by atoms with Crippen molar-refractivity contribution in [3.8, 4) is 0 Å². The molecule has 2 aromatic rings. The van der Waals surface area contributed by atoms with Crippen LogP contribution >= 0.6 is 0 Å². The summed E-state index contributed by atoms with van der Waals surface area (Å²) in [6, 6.07) is 7.65. The Bertz CT molecular complexity index is 650. The van der Waals surface area contributed by atoms with Crippen LogP contribution in [0.1, 0.15) is 21.5 Å². The number of fused-ring (bicyclic) bond motifs is 1. The predicted molar refractivity (Wildman–Crippen MR) is 63.9 cm³/mol. The maximum atomic E-state index is 13.1. The molecule has 0 spiro atoms. The average molecular weight is 241 g/mol. The molecule has 0 saturated carbocycles. The number of benzene rings is 1. The lowest BCUT2D eigenvalue weighted by molar-refractivity contribution is 0.0716. The van der Waals surface area contributed by atoms with Gasteiger partial charge in [-0.15, -0.1) is 0 Å². The minimum Gasteiger partial charge on any atom is -0.422 e. The van der Waals surface area contributed by atoms with Crippen molar-refractivity contribution in [1.82, 2.24) is 4.98 Å². The maximum absolute atomic E-state index is 13.1. The van der Waals surface area contributed by atoms with Crippen molar-refractivity contribution in [1.29, 1.82) is 0 Å². The van der Waals surface area contributed by atoms with E-state index in [1.165, 1.54) is 18.2 Å². The number of carbonyl (C=O) groups is 1. The number of aromatic nitrogens is 1. The van der Waals surface area contributed by atoms with Crippen molar-refractivity contribution >= 4 is 17.8 Å². The van der Waals surface area contributed by atoms with Gasteiger partial charge in [0.05, 0.1) is 5.56 Å². The molecule has 1 aromatic carbocycles. The Hall–Kier alpha value is -2.49. The zero-order valence-corrected chi connectivity index (χ0v) is 9.26. The maximum Gasteiger partial charge on any atom is 0.344 e. The van der Waals surface area contributed by atoms with Crippen LogP contribution in [0.25, 0.3) is 11.8 Å². The van der Waals surface area contributed by atoms with Gasteiger partial charge in [-0.2, -0.15) is 0 Å². The fourth-order valence-corrected chi connectivity index (χ4v) is 1.83. The number of ether oxygens (including phenoxy) is 1. The highest BCUT2D eigenvalue weighted by atomic mass is 19.1. The molecule has 1 aliphatic heterocycles. The lowest BCUT2D eigenvalue weighted by Gasteiger charge is -1.98. The van der Waals surface area contributed by atoms with Gasteiger partial charge in [-0.3, -0.25) is 4.98 Å². The largest absolute Gasteiger partial charge is 0.422 e. The van der Waals surface area contributed by atoms with E-state index < -0.39 is 11.8 Å². The monoisotopic (exact) mass is 241 g/mol. The summed E-state index contributed by atoms with van der Waals surface area (Å²) in [5.74, 6) is -0.559. The summed E-state index contributed by atoms with van der Waals surface area (Å²) in [6.45, 7) is 0. The molecule has 0 aliphatic carbocycles. The highest BCUT2D eigenvalue weighted by Crippen LogP contribution is 2.31. The van der Waals surface area contributed by atoms with E-state index in [2.05, 4.69) is 4.98 Å². The van der Waals surface area contributed by atoms with Gasteiger partial charge in [0.25, 0.3) is 0 Å². The van der Waals surface area contributed by atoms with Crippen molar-refractivity contribution in [2.24, 2.45) is 0 Å². The molecule has 0 fully saturated rings. The van der Waals surface area contributed by atoms with E-state index >= 15 is 0 Å². The number of rotatable bonds is 1. The molecule has 0 bridgehead atoms. The molecule has 88 valence electrons. The zero-order valence-electron chi connectivity index (χ0n) is 9.26. The number of carbonyl (C=O) groups excluding carboxylic acids is 1. The number of hydrogen-bond donors (Lipinski definition) is 0. The molecule has 0 N–H and O–H groups in total. The van der Waals surface area contributed by atoms with E-state index in [-0.39, 0.29) is 5.56 Å². The highest BCUT2D eigenvalue weighted by molar-refractivity contribution is 6.05. The zero-order chi connectivity index (χ0) is 12.5. The van der Waals surface area contributed by atoms with Crippen molar-refractivity contribution in [2.75, 3.05) is 0 Å². The number of pyridine rings is 1. The molecule has 0 saturated heterocycles. The number of esters is 1. The van der Waals surface area contributed by atoms with Gasteiger partial charge in [0, 0.05) is 18.0 Å². The fourth-order valence-electron chi connectivity index (χ4n) is 1.83. The standard InChI is InChI=1S/C14H8FNO2/c15-10-3-4-11-12(7-10)14(17)18-13(11)6-9-2-1-5-16-8-9/h1-8H. The predicted octanol–water partition coefficient (Wildman–Crippen LogP) is 2.89. The minimum absolute atomic E-state index is 0.255. The first-order valence-corrected chi connectivity index (χ1v) is 5.38. The number of halogens is 1. The minimum atomic E-state index is -0.528. The van der Waals surface area contributed by atoms with Crippen molar-refractivity contribution < 1.29 is 13.9 Å². The molecule has 0 amide bonds. The third-order valence-electron chi connectivity index (χ3n) is 2.65. The van der Waals surface area contributed by atoms with Crippen LogP contribution in [0.3, 0.4) is 0 Å². The lowest BCUT2D eigenvalue weighted by Crippen LogP contribution is -1.93. The van der Waals surface area contributed by atoms with E-state index in [1.807, 2.05) is 6.07 Å². The second kappa shape index (κ2) is 4.07. The first-order chi connectivity index (χ1) is 8.74. The normalized spacial score (nSPS) is 15.6. The van der Waals surface area contributed by atoms with Gasteiger partial charge in [-0.1, -0.05) is 6.07 Å². The Morgan fingerprint density at radius 2 is 2.11 bits per heavy atom. The molecule has 1 aliphatic rings. The summed E-state index contributed by atoms with van der Waals surface area (Å²) in [6.07, 6.45) is 5.02. The van der Waals surface area contributed by atoms with Gasteiger partial charge in [0.2, 0.25) is 0 Å². The summed E-state index contributed by atoms with van der Waals surface area (Å²) in [7, 11) is 0. The Morgan fingerprint density at radius 1 is 1.22 bits per heavy atom. The van der Waals surface area contributed by atoms with Crippen LogP contribution in [-0.2, 0) is 4.74 Å². The lowest BCUT2D eigenvalue weighted by atomic mass is 10.1. The molecule has 0 radical (unpaired) electrons. The Balaban J connectivity index is 2.08. The van der Waals surface area contributed by atoms with E-state index in [4.69, 9.17) is 4.74 Å². The third-order valence-corrected chi connectivity index (χ3v) is 2.65. The van der Waals surface area contributed by atoms with Gasteiger partial charge < -0.3 is 4.74 Å². The van der Waals surface area contributed by atoms with Gasteiger partial charge >= 0.3 is 5.97 Å². The molecule has 3 nitrogen and oxygen atoms in total. The molecule has 1 aromatic heterocycles. The van der Waals surface area contributed by atoms with Gasteiger partial charge in [0.15, 0.2) is 0 Å². The van der Waals surface area contributed by atoms with Crippen molar-refractivity contribution in [3.63, 3.8) is 0 Å². The molecule has 4 heteroatoms. The number of cyclic esters (lactones) is 1. The quantitative estimate of drug-likeness (QED) is 0.720. The Morgan fingerprint density at radius 3 is 2.89 bits per heavy atom. The summed E-state index contributed by atoms with van der Waals surface area (Å²) in [5.41, 5.74) is 1.67.